The number of methoxy groups -OCH3 is 1. The molecule has 2 aliphatic heterocycles. The number of carbonyl (C=O) groups excluding carboxylic acids is 1. The van der Waals surface area contributed by atoms with Gasteiger partial charge in [0, 0.05) is 44.2 Å². The average Bonchev–Trinajstić information content (AvgIpc) is 3.61. The molecule has 32 heavy (non-hydrogen) atoms. The van der Waals surface area contributed by atoms with E-state index < -0.39 is 0 Å². The van der Waals surface area contributed by atoms with Crippen LogP contribution in [0.1, 0.15) is 32.3 Å². The van der Waals surface area contributed by atoms with E-state index in [1.54, 1.807) is 0 Å². The molecule has 3 aliphatic rings. The highest BCUT2D eigenvalue weighted by molar-refractivity contribution is 6.31. The highest BCUT2D eigenvalue weighted by Gasteiger charge is 2.32. The van der Waals surface area contributed by atoms with Crippen LogP contribution in [0.15, 0.2) is 47.5 Å². The lowest BCUT2D eigenvalue weighted by Crippen LogP contribution is -2.54. The maximum Gasteiger partial charge on any atom is 0.302 e. The highest BCUT2D eigenvalue weighted by atomic mass is 35.5. The Kier molecular flexibility index (Phi) is 7.01. The summed E-state index contributed by atoms with van der Waals surface area (Å²) in [5.74, 6) is 3.28. The lowest BCUT2D eigenvalue weighted by Gasteiger charge is -2.41. The van der Waals surface area contributed by atoms with Crippen LogP contribution in [0.4, 0.5) is 5.69 Å². The number of para-hydroxylation sites is 1. The molecular formula is C25H30ClN3O3. The van der Waals surface area contributed by atoms with Crippen LogP contribution < -0.4 is 4.74 Å². The number of amidine groups is 1. The van der Waals surface area contributed by atoms with E-state index in [0.29, 0.717) is 11.1 Å². The van der Waals surface area contributed by atoms with Crippen LogP contribution in [0, 0.1) is 5.92 Å². The van der Waals surface area contributed by atoms with Gasteiger partial charge in [0.15, 0.2) is 5.75 Å². The van der Waals surface area contributed by atoms with E-state index in [-0.39, 0.29) is 5.97 Å². The molecule has 1 saturated heterocycles. The zero-order chi connectivity index (χ0) is 22.7. The minimum Gasteiger partial charge on any atom is -0.469 e. The van der Waals surface area contributed by atoms with Crippen LogP contribution in [0.5, 0.6) is 11.5 Å². The van der Waals surface area contributed by atoms with Gasteiger partial charge in [0.05, 0.1) is 12.7 Å². The van der Waals surface area contributed by atoms with Gasteiger partial charge in [-0.15, -0.1) is 0 Å². The second kappa shape index (κ2) is 9.92. The van der Waals surface area contributed by atoms with Gasteiger partial charge in [0.2, 0.25) is 0 Å². The molecule has 1 atom stereocenters. The van der Waals surface area contributed by atoms with E-state index in [1.165, 1.54) is 33.4 Å². The minimum atomic E-state index is -0.245. The lowest BCUT2D eigenvalue weighted by atomic mass is 10.1. The molecule has 2 aromatic rings. The Labute approximate surface area is 194 Å². The number of carbonyl (C=O) groups is 1. The van der Waals surface area contributed by atoms with Crippen LogP contribution in [0.2, 0.25) is 5.02 Å². The van der Waals surface area contributed by atoms with E-state index in [4.69, 9.17) is 21.3 Å². The van der Waals surface area contributed by atoms with Crippen LogP contribution in [0.3, 0.4) is 0 Å². The Bertz CT molecular complexity index is 1010. The summed E-state index contributed by atoms with van der Waals surface area (Å²) in [5.41, 5.74) is 1.84. The second-order valence-electron chi connectivity index (χ2n) is 8.57. The fourth-order valence-corrected chi connectivity index (χ4v) is 4.20. The van der Waals surface area contributed by atoms with Crippen molar-refractivity contribution in [3.63, 3.8) is 0 Å². The topological polar surface area (TPSA) is 54.4 Å². The van der Waals surface area contributed by atoms with E-state index in [1.807, 2.05) is 36.4 Å². The molecule has 2 fully saturated rings. The minimum absolute atomic E-state index is 0.245. The van der Waals surface area contributed by atoms with Crippen molar-refractivity contribution < 1.29 is 14.3 Å². The number of esters is 1. The van der Waals surface area contributed by atoms with Crippen molar-refractivity contribution in [1.29, 1.82) is 0 Å². The summed E-state index contributed by atoms with van der Waals surface area (Å²) in [6.07, 6.45) is 2.81. The van der Waals surface area contributed by atoms with Crippen LogP contribution in [-0.2, 0) is 9.53 Å². The fraction of sp³-hybridized carbons (Fsp3) is 0.440. The number of aliphatic imine (C=N–C) groups is 1. The quantitative estimate of drug-likeness (QED) is 0.588. The number of benzene rings is 2. The molecular weight excluding hydrogens is 426 g/mol. The number of halogens is 1. The number of fused-ring (bicyclic) bond motifs is 2. The van der Waals surface area contributed by atoms with Crippen molar-refractivity contribution in [2.24, 2.45) is 10.9 Å². The summed E-state index contributed by atoms with van der Waals surface area (Å²) in [6, 6.07) is 14.3. The average molecular weight is 456 g/mol. The summed E-state index contributed by atoms with van der Waals surface area (Å²) in [7, 11) is 1.35. The predicted molar refractivity (Wildman–Crippen MR) is 127 cm³/mol. The summed E-state index contributed by atoms with van der Waals surface area (Å²) >= 11 is 6.23. The summed E-state index contributed by atoms with van der Waals surface area (Å²) in [6.45, 7) is 8.00. The van der Waals surface area contributed by atoms with Crippen molar-refractivity contribution in [1.82, 2.24) is 9.80 Å². The number of nitrogens with zero attached hydrogens (tertiary/aromatic N) is 3. The number of hydrogen-bond acceptors (Lipinski definition) is 6. The smallest absolute Gasteiger partial charge is 0.302 e. The standard InChI is InChI=1S/C22H24ClN3O.C3H6O2/c1-15-13-26(11-10-25(15)14-16-6-7-16)22-18-4-2-3-5-20(18)27-21-9-8-17(23)12-19(21)24-22;1-3(4)5-2/h2-5,8-9,12,15-16H,6-7,10-11,13-14H2,1H3;1-2H3. The molecule has 170 valence electrons. The van der Waals surface area contributed by atoms with Crippen molar-refractivity contribution in [3.8, 4) is 11.5 Å². The normalized spacial score (nSPS) is 19.9. The highest BCUT2D eigenvalue weighted by Crippen LogP contribution is 2.40. The molecule has 1 saturated carbocycles. The molecule has 6 nitrogen and oxygen atoms in total. The third-order valence-electron chi connectivity index (χ3n) is 6.04. The summed E-state index contributed by atoms with van der Waals surface area (Å²) < 4.78 is 10.3. The van der Waals surface area contributed by atoms with Gasteiger partial charge in [-0.05, 0) is 56.0 Å². The second-order valence-corrected chi connectivity index (χ2v) is 9.01. The molecule has 2 aromatic carbocycles. The van der Waals surface area contributed by atoms with Gasteiger partial charge in [-0.1, -0.05) is 23.7 Å². The first kappa shape index (κ1) is 22.6. The van der Waals surface area contributed by atoms with Crippen LogP contribution in [-0.4, -0.2) is 60.9 Å². The van der Waals surface area contributed by atoms with Gasteiger partial charge in [0.25, 0.3) is 0 Å². The van der Waals surface area contributed by atoms with E-state index >= 15 is 0 Å². The maximum absolute atomic E-state index is 9.59. The van der Waals surface area contributed by atoms with Gasteiger partial charge in [-0.2, -0.15) is 0 Å². The Morgan fingerprint density at radius 2 is 1.94 bits per heavy atom. The number of piperazine rings is 1. The predicted octanol–water partition coefficient (Wildman–Crippen LogP) is 5.12. The Morgan fingerprint density at radius 1 is 1.19 bits per heavy atom. The first-order valence-corrected chi connectivity index (χ1v) is 11.5. The van der Waals surface area contributed by atoms with Gasteiger partial charge in [-0.3, -0.25) is 9.69 Å². The van der Waals surface area contributed by atoms with Crippen molar-refractivity contribution in [2.75, 3.05) is 33.3 Å². The SMILES string of the molecule is CC1CN(C2=Nc3cc(Cl)ccc3Oc3ccccc32)CCN1CC1CC1.COC(C)=O. The molecule has 1 unspecified atom stereocenters. The molecule has 2 heterocycles. The molecule has 7 heteroatoms. The molecule has 0 bridgehead atoms. The monoisotopic (exact) mass is 455 g/mol. The summed E-state index contributed by atoms with van der Waals surface area (Å²) in [5, 5.41) is 0.675. The Morgan fingerprint density at radius 3 is 2.62 bits per heavy atom. The van der Waals surface area contributed by atoms with Crippen LogP contribution in [0.25, 0.3) is 0 Å². The first-order valence-electron chi connectivity index (χ1n) is 11.1. The van der Waals surface area contributed by atoms with E-state index in [2.05, 4.69) is 27.5 Å². The molecule has 0 radical (unpaired) electrons. The molecule has 0 N–H and O–H groups in total. The van der Waals surface area contributed by atoms with Gasteiger partial charge < -0.3 is 14.4 Å². The van der Waals surface area contributed by atoms with Gasteiger partial charge in [-0.25, -0.2) is 4.99 Å². The zero-order valence-electron chi connectivity index (χ0n) is 18.9. The fourth-order valence-electron chi connectivity index (χ4n) is 4.03. The number of rotatable bonds is 2. The van der Waals surface area contributed by atoms with Gasteiger partial charge >= 0.3 is 5.97 Å². The van der Waals surface area contributed by atoms with Crippen molar-refractivity contribution in [3.05, 3.63) is 53.1 Å². The zero-order valence-corrected chi connectivity index (χ0v) is 19.6. The Balaban J connectivity index is 0.000000444. The van der Waals surface area contributed by atoms with E-state index in [0.717, 1.165) is 54.1 Å². The molecule has 0 aromatic heterocycles. The van der Waals surface area contributed by atoms with Crippen molar-refractivity contribution >= 4 is 29.1 Å². The first-order chi connectivity index (χ1) is 15.4. The maximum atomic E-state index is 9.59. The molecule has 5 rings (SSSR count). The Hall–Kier alpha value is -2.57. The third kappa shape index (κ3) is 5.43. The lowest BCUT2D eigenvalue weighted by molar-refractivity contribution is -0.137. The molecule has 0 amide bonds. The van der Waals surface area contributed by atoms with Gasteiger partial charge in [0.1, 0.15) is 17.3 Å². The summed E-state index contributed by atoms with van der Waals surface area (Å²) in [4.78, 5) is 19.6. The third-order valence-corrected chi connectivity index (χ3v) is 6.27. The molecule has 1 aliphatic carbocycles. The largest absolute Gasteiger partial charge is 0.469 e. The van der Waals surface area contributed by atoms with E-state index in [9.17, 15) is 4.79 Å². The molecule has 0 spiro atoms. The van der Waals surface area contributed by atoms with Crippen molar-refractivity contribution in [2.45, 2.75) is 32.7 Å². The van der Waals surface area contributed by atoms with Crippen LogP contribution >= 0.6 is 11.6 Å². The number of ether oxygens (including phenoxy) is 2. The number of hydrogen-bond donors (Lipinski definition) is 0.